The lowest BCUT2D eigenvalue weighted by atomic mass is 9.99. The Labute approximate surface area is 61.4 Å². The lowest BCUT2D eigenvalue weighted by molar-refractivity contribution is -0.105. The number of rotatable bonds is 3. The molecule has 0 aliphatic heterocycles. The van der Waals surface area contributed by atoms with Crippen LogP contribution in [0.3, 0.4) is 0 Å². The van der Waals surface area contributed by atoms with E-state index in [0.29, 0.717) is 5.92 Å². The summed E-state index contributed by atoms with van der Waals surface area (Å²) in [6.07, 6.45) is 9.15. The largest absolute Gasteiger partial charge is 0.298 e. The van der Waals surface area contributed by atoms with Crippen LogP contribution in [0.15, 0.2) is 23.8 Å². The third kappa shape index (κ3) is 1.35. The average molecular weight is 136 g/mol. The summed E-state index contributed by atoms with van der Waals surface area (Å²) in [6.45, 7) is 2.13. The molecule has 0 aromatic heterocycles. The summed E-state index contributed by atoms with van der Waals surface area (Å²) < 4.78 is 0. The molecule has 1 aliphatic rings. The van der Waals surface area contributed by atoms with Gasteiger partial charge in [-0.15, -0.1) is 0 Å². The quantitative estimate of drug-likeness (QED) is 0.543. The van der Waals surface area contributed by atoms with Crippen molar-refractivity contribution in [2.75, 3.05) is 0 Å². The molecule has 0 unspecified atom stereocenters. The highest BCUT2D eigenvalue weighted by Crippen LogP contribution is 2.21. The molecule has 1 atom stereocenters. The minimum atomic E-state index is 0.405. The molecule has 0 aromatic rings. The van der Waals surface area contributed by atoms with Crippen LogP contribution in [0.1, 0.15) is 19.8 Å². The Hall–Kier alpha value is -0.850. The van der Waals surface area contributed by atoms with Crippen molar-refractivity contribution in [3.8, 4) is 0 Å². The van der Waals surface area contributed by atoms with E-state index in [1.165, 1.54) is 0 Å². The van der Waals surface area contributed by atoms with Crippen LogP contribution in [0, 0.1) is 5.92 Å². The summed E-state index contributed by atoms with van der Waals surface area (Å²) in [5.41, 5.74) is 0.932. The van der Waals surface area contributed by atoms with E-state index in [4.69, 9.17) is 0 Å². The molecule has 1 aliphatic carbocycles. The van der Waals surface area contributed by atoms with Gasteiger partial charge in [-0.3, -0.25) is 4.79 Å². The number of carbonyl (C=O) groups is 1. The van der Waals surface area contributed by atoms with Gasteiger partial charge in [-0.05, 0) is 12.0 Å². The molecule has 0 N–H and O–H groups in total. The van der Waals surface area contributed by atoms with E-state index >= 15 is 0 Å². The minimum Gasteiger partial charge on any atom is -0.298 e. The number of hydrogen-bond donors (Lipinski definition) is 0. The predicted molar refractivity (Wildman–Crippen MR) is 41.7 cm³/mol. The molecule has 0 radical (unpaired) electrons. The number of aldehydes is 1. The van der Waals surface area contributed by atoms with E-state index in [9.17, 15) is 4.79 Å². The van der Waals surface area contributed by atoms with Gasteiger partial charge in [-0.2, -0.15) is 0 Å². The van der Waals surface area contributed by atoms with E-state index in [1.54, 1.807) is 0 Å². The minimum absolute atomic E-state index is 0.405. The van der Waals surface area contributed by atoms with Gasteiger partial charge in [0.2, 0.25) is 0 Å². The van der Waals surface area contributed by atoms with Gasteiger partial charge in [0.25, 0.3) is 0 Å². The van der Waals surface area contributed by atoms with Crippen molar-refractivity contribution in [3.63, 3.8) is 0 Å². The second kappa shape index (κ2) is 3.35. The van der Waals surface area contributed by atoms with E-state index in [2.05, 4.69) is 13.0 Å². The van der Waals surface area contributed by atoms with Crippen LogP contribution in [0.2, 0.25) is 0 Å². The summed E-state index contributed by atoms with van der Waals surface area (Å²) in [5, 5.41) is 0. The number of hydrogen-bond acceptors (Lipinski definition) is 1. The zero-order valence-electron chi connectivity index (χ0n) is 6.21. The Bertz CT molecular complexity index is 177. The highest BCUT2D eigenvalue weighted by molar-refractivity contribution is 5.76. The summed E-state index contributed by atoms with van der Waals surface area (Å²) in [7, 11) is 0. The standard InChI is InChI=1S/C9H12O/c1-2-4-8-5-3-6-9(8)7-10/h3,5-8H,2,4H2,1H3/t8-/m1/s1. The van der Waals surface area contributed by atoms with E-state index in [-0.39, 0.29) is 0 Å². The van der Waals surface area contributed by atoms with Crippen molar-refractivity contribution in [3.05, 3.63) is 23.8 Å². The Morgan fingerprint density at radius 3 is 3.10 bits per heavy atom. The van der Waals surface area contributed by atoms with Gasteiger partial charge in [0, 0.05) is 5.92 Å². The van der Waals surface area contributed by atoms with Crippen molar-refractivity contribution in [2.45, 2.75) is 19.8 Å². The maximum atomic E-state index is 10.4. The lowest BCUT2D eigenvalue weighted by Gasteiger charge is -2.05. The summed E-state index contributed by atoms with van der Waals surface area (Å²) in [6, 6.07) is 0. The first-order valence-corrected chi connectivity index (χ1v) is 3.72. The van der Waals surface area contributed by atoms with Gasteiger partial charge in [-0.25, -0.2) is 0 Å². The molecule has 0 saturated heterocycles. The van der Waals surface area contributed by atoms with Crippen LogP contribution in [0.25, 0.3) is 0 Å². The third-order valence-corrected chi connectivity index (χ3v) is 1.80. The Morgan fingerprint density at radius 2 is 2.50 bits per heavy atom. The number of carbonyl (C=O) groups excluding carboxylic acids is 1. The van der Waals surface area contributed by atoms with Crippen LogP contribution in [-0.4, -0.2) is 6.29 Å². The Morgan fingerprint density at radius 1 is 1.70 bits per heavy atom. The molecular weight excluding hydrogens is 124 g/mol. The van der Waals surface area contributed by atoms with Crippen molar-refractivity contribution in [2.24, 2.45) is 5.92 Å². The lowest BCUT2D eigenvalue weighted by Crippen LogP contribution is -1.97. The van der Waals surface area contributed by atoms with Crippen LogP contribution in [-0.2, 0) is 4.79 Å². The predicted octanol–water partition coefficient (Wildman–Crippen LogP) is 2.10. The van der Waals surface area contributed by atoms with Crippen molar-refractivity contribution >= 4 is 6.29 Å². The maximum absolute atomic E-state index is 10.4. The third-order valence-electron chi connectivity index (χ3n) is 1.80. The highest BCUT2D eigenvalue weighted by atomic mass is 16.1. The number of allylic oxidation sites excluding steroid dienone is 4. The fourth-order valence-electron chi connectivity index (χ4n) is 1.24. The van der Waals surface area contributed by atoms with Crippen LogP contribution < -0.4 is 0 Å². The summed E-state index contributed by atoms with van der Waals surface area (Å²) in [4.78, 5) is 10.4. The molecule has 54 valence electrons. The molecule has 0 aromatic carbocycles. The summed E-state index contributed by atoms with van der Waals surface area (Å²) in [5.74, 6) is 0.405. The van der Waals surface area contributed by atoms with Gasteiger partial charge >= 0.3 is 0 Å². The first-order valence-electron chi connectivity index (χ1n) is 3.72. The van der Waals surface area contributed by atoms with Gasteiger partial charge in [0.05, 0.1) is 0 Å². The van der Waals surface area contributed by atoms with Crippen molar-refractivity contribution < 1.29 is 4.79 Å². The van der Waals surface area contributed by atoms with Crippen LogP contribution in [0.4, 0.5) is 0 Å². The molecule has 0 spiro atoms. The van der Waals surface area contributed by atoms with Crippen LogP contribution >= 0.6 is 0 Å². The van der Waals surface area contributed by atoms with Crippen molar-refractivity contribution in [1.82, 2.24) is 0 Å². The molecule has 0 saturated carbocycles. The molecule has 0 amide bonds. The zero-order chi connectivity index (χ0) is 7.40. The van der Waals surface area contributed by atoms with Gasteiger partial charge in [0.1, 0.15) is 6.29 Å². The first-order chi connectivity index (χ1) is 4.88. The topological polar surface area (TPSA) is 17.1 Å². The van der Waals surface area contributed by atoms with Gasteiger partial charge in [-0.1, -0.05) is 31.6 Å². The highest BCUT2D eigenvalue weighted by Gasteiger charge is 2.11. The first kappa shape index (κ1) is 7.26. The van der Waals surface area contributed by atoms with Gasteiger partial charge < -0.3 is 0 Å². The molecule has 0 fully saturated rings. The van der Waals surface area contributed by atoms with Gasteiger partial charge in [0.15, 0.2) is 0 Å². The van der Waals surface area contributed by atoms with Crippen molar-refractivity contribution in [1.29, 1.82) is 0 Å². The van der Waals surface area contributed by atoms with E-state index < -0.39 is 0 Å². The van der Waals surface area contributed by atoms with E-state index in [0.717, 1.165) is 24.7 Å². The van der Waals surface area contributed by atoms with Crippen LogP contribution in [0.5, 0.6) is 0 Å². The van der Waals surface area contributed by atoms with E-state index in [1.807, 2.05) is 12.2 Å². The average Bonchev–Trinajstić information content (AvgIpc) is 2.36. The fourth-order valence-corrected chi connectivity index (χ4v) is 1.24. The Kier molecular flexibility index (Phi) is 2.43. The monoisotopic (exact) mass is 136 g/mol. The summed E-state index contributed by atoms with van der Waals surface area (Å²) >= 11 is 0. The normalized spacial score (nSPS) is 22.9. The second-order valence-corrected chi connectivity index (χ2v) is 2.56. The molecule has 0 bridgehead atoms. The Balaban J connectivity index is 2.53. The SMILES string of the molecule is CCC[C@@H]1C=CC=C1C=O. The molecule has 10 heavy (non-hydrogen) atoms. The molecular formula is C9H12O. The molecule has 1 nitrogen and oxygen atoms in total. The zero-order valence-corrected chi connectivity index (χ0v) is 6.21. The maximum Gasteiger partial charge on any atom is 0.146 e. The molecule has 1 rings (SSSR count). The fraction of sp³-hybridized carbons (Fsp3) is 0.444. The second-order valence-electron chi connectivity index (χ2n) is 2.56. The smallest absolute Gasteiger partial charge is 0.146 e. The molecule has 1 heteroatoms. The molecule has 0 heterocycles.